The summed E-state index contributed by atoms with van der Waals surface area (Å²) in [4.78, 5) is 17.8. The zero-order valence-corrected chi connectivity index (χ0v) is 12.4. The lowest BCUT2D eigenvalue weighted by Gasteiger charge is -2.11. The Balaban J connectivity index is 1.93. The molecule has 2 aromatic rings. The second-order valence-electron chi connectivity index (χ2n) is 5.03. The van der Waals surface area contributed by atoms with Crippen molar-refractivity contribution in [3.63, 3.8) is 0 Å². The fourth-order valence-electron chi connectivity index (χ4n) is 2.46. The summed E-state index contributed by atoms with van der Waals surface area (Å²) in [7, 11) is -3.09. The molecule has 1 aliphatic rings. The molecule has 1 fully saturated rings. The molecule has 0 saturated carbocycles. The fraction of sp³-hybridized carbons (Fsp3) is 0.333. The highest BCUT2D eigenvalue weighted by molar-refractivity contribution is 7.91. The Bertz CT molecular complexity index is 885. The first-order valence-corrected chi connectivity index (χ1v) is 8.50. The van der Waals surface area contributed by atoms with Crippen molar-refractivity contribution in [3.8, 4) is 0 Å². The quantitative estimate of drug-likeness (QED) is 0.723. The van der Waals surface area contributed by atoms with E-state index in [-0.39, 0.29) is 21.8 Å². The number of sulfone groups is 1. The SMILES string of the molecule is O=C(NC1CCS(=O)(=O)C1)c1cc(F)cc2[nH]c(=S)[nH]c12. The highest BCUT2D eigenvalue weighted by atomic mass is 32.2. The van der Waals surface area contributed by atoms with Gasteiger partial charge >= 0.3 is 0 Å². The Labute approximate surface area is 124 Å². The molecule has 1 aromatic carbocycles. The van der Waals surface area contributed by atoms with Crippen molar-refractivity contribution in [2.75, 3.05) is 11.5 Å². The number of imidazole rings is 1. The average Bonchev–Trinajstić information content (AvgIpc) is 2.89. The zero-order chi connectivity index (χ0) is 15.2. The molecule has 1 amide bonds. The monoisotopic (exact) mass is 329 g/mol. The number of aromatic nitrogens is 2. The fourth-order valence-corrected chi connectivity index (χ4v) is 4.34. The summed E-state index contributed by atoms with van der Waals surface area (Å²) in [6.07, 6.45) is 0.371. The molecule has 9 heteroatoms. The maximum absolute atomic E-state index is 13.6. The number of hydrogen-bond donors (Lipinski definition) is 3. The Morgan fingerprint density at radius 3 is 2.81 bits per heavy atom. The summed E-state index contributed by atoms with van der Waals surface area (Å²) in [6, 6.07) is 1.89. The lowest BCUT2D eigenvalue weighted by Crippen LogP contribution is -2.35. The summed E-state index contributed by atoms with van der Waals surface area (Å²) in [6.45, 7) is 0. The molecular weight excluding hydrogens is 317 g/mol. The van der Waals surface area contributed by atoms with E-state index in [4.69, 9.17) is 12.2 Å². The van der Waals surface area contributed by atoms with Gasteiger partial charge in [-0.15, -0.1) is 0 Å². The van der Waals surface area contributed by atoms with Crippen LogP contribution in [-0.4, -0.2) is 41.8 Å². The lowest BCUT2D eigenvalue weighted by molar-refractivity contribution is 0.0942. The van der Waals surface area contributed by atoms with Crippen LogP contribution < -0.4 is 5.32 Å². The molecule has 0 spiro atoms. The second kappa shape index (κ2) is 4.92. The van der Waals surface area contributed by atoms with Gasteiger partial charge in [0.2, 0.25) is 0 Å². The average molecular weight is 329 g/mol. The van der Waals surface area contributed by atoms with Gasteiger partial charge in [-0.2, -0.15) is 0 Å². The van der Waals surface area contributed by atoms with Gasteiger partial charge in [-0.1, -0.05) is 0 Å². The van der Waals surface area contributed by atoms with E-state index in [1.54, 1.807) is 0 Å². The van der Waals surface area contributed by atoms with Crippen LogP contribution in [0.4, 0.5) is 4.39 Å². The van der Waals surface area contributed by atoms with E-state index >= 15 is 0 Å². The Morgan fingerprint density at radius 1 is 1.38 bits per heavy atom. The molecule has 0 radical (unpaired) electrons. The third-order valence-corrected chi connectivity index (χ3v) is 5.37. The molecule has 1 aliphatic heterocycles. The predicted octanol–water partition coefficient (Wildman–Crippen LogP) is 1.28. The van der Waals surface area contributed by atoms with Crippen LogP contribution in [-0.2, 0) is 9.84 Å². The van der Waals surface area contributed by atoms with Crippen LogP contribution in [0.25, 0.3) is 11.0 Å². The van der Waals surface area contributed by atoms with Gasteiger partial charge in [-0.3, -0.25) is 4.79 Å². The highest BCUT2D eigenvalue weighted by Gasteiger charge is 2.29. The number of benzene rings is 1. The molecule has 1 unspecified atom stereocenters. The molecular formula is C12H12FN3O3S2. The van der Waals surface area contributed by atoms with Crippen LogP contribution in [0.2, 0.25) is 0 Å². The van der Waals surface area contributed by atoms with Crippen LogP contribution >= 0.6 is 12.2 Å². The number of rotatable bonds is 2. The highest BCUT2D eigenvalue weighted by Crippen LogP contribution is 2.19. The third-order valence-electron chi connectivity index (χ3n) is 3.40. The molecule has 3 N–H and O–H groups in total. The van der Waals surface area contributed by atoms with E-state index in [1.807, 2.05) is 0 Å². The normalized spacial score (nSPS) is 20.7. The predicted molar refractivity (Wildman–Crippen MR) is 78.0 cm³/mol. The summed E-state index contributed by atoms with van der Waals surface area (Å²) in [5, 5.41) is 2.63. The van der Waals surface area contributed by atoms with Crippen molar-refractivity contribution in [2.24, 2.45) is 0 Å². The Kier molecular flexibility index (Phi) is 3.33. The minimum Gasteiger partial charge on any atom is -0.348 e. The standard InChI is InChI=1S/C12H12FN3O3S2/c13-6-3-8(10-9(4-6)15-12(20)16-10)11(17)14-7-1-2-21(18,19)5-7/h3-4,7H,1-2,5H2,(H,14,17)(H2,15,16,20). The van der Waals surface area contributed by atoms with Gasteiger partial charge in [-0.05, 0) is 30.8 Å². The number of H-pyrrole nitrogens is 2. The van der Waals surface area contributed by atoms with E-state index in [2.05, 4.69) is 15.3 Å². The number of fused-ring (bicyclic) bond motifs is 1. The van der Waals surface area contributed by atoms with Crippen LogP contribution in [0.5, 0.6) is 0 Å². The van der Waals surface area contributed by atoms with Crippen molar-refractivity contribution in [2.45, 2.75) is 12.5 Å². The van der Waals surface area contributed by atoms with E-state index in [0.717, 1.165) is 6.07 Å². The van der Waals surface area contributed by atoms with Gasteiger partial charge < -0.3 is 15.3 Å². The van der Waals surface area contributed by atoms with Gasteiger partial charge in [0.25, 0.3) is 5.91 Å². The molecule has 0 aliphatic carbocycles. The van der Waals surface area contributed by atoms with Gasteiger partial charge in [0, 0.05) is 6.04 Å². The molecule has 0 bridgehead atoms. The number of aromatic amines is 2. The van der Waals surface area contributed by atoms with Crippen molar-refractivity contribution in [1.82, 2.24) is 15.3 Å². The summed E-state index contributed by atoms with van der Waals surface area (Å²) in [5.74, 6) is -1.12. The molecule has 3 rings (SSSR count). The van der Waals surface area contributed by atoms with Gasteiger partial charge in [-0.25, -0.2) is 12.8 Å². The molecule has 1 atom stereocenters. The lowest BCUT2D eigenvalue weighted by atomic mass is 10.1. The molecule has 1 saturated heterocycles. The number of nitrogens with one attached hydrogen (secondary N) is 3. The van der Waals surface area contributed by atoms with Crippen LogP contribution in [0.1, 0.15) is 16.8 Å². The van der Waals surface area contributed by atoms with Gasteiger partial charge in [0.05, 0.1) is 28.1 Å². The number of halogens is 1. The number of carbonyl (C=O) groups excluding carboxylic acids is 1. The summed E-state index contributed by atoms with van der Waals surface area (Å²) in [5.41, 5.74) is 0.894. The van der Waals surface area contributed by atoms with Crippen molar-refractivity contribution < 1.29 is 17.6 Å². The maximum atomic E-state index is 13.6. The number of amides is 1. The van der Waals surface area contributed by atoms with Crippen molar-refractivity contribution >= 4 is 39.0 Å². The van der Waals surface area contributed by atoms with Gasteiger partial charge in [0.1, 0.15) is 5.82 Å². The maximum Gasteiger partial charge on any atom is 0.253 e. The van der Waals surface area contributed by atoms with E-state index in [1.165, 1.54) is 6.07 Å². The van der Waals surface area contributed by atoms with Gasteiger partial charge in [0.15, 0.2) is 14.6 Å². The van der Waals surface area contributed by atoms with E-state index < -0.39 is 27.6 Å². The van der Waals surface area contributed by atoms with Crippen LogP contribution in [0.3, 0.4) is 0 Å². The molecule has 6 nitrogen and oxygen atoms in total. The second-order valence-corrected chi connectivity index (χ2v) is 7.67. The minimum absolute atomic E-state index is 0.0586. The first kappa shape index (κ1) is 14.2. The number of hydrogen-bond acceptors (Lipinski definition) is 4. The first-order chi connectivity index (χ1) is 9.84. The largest absolute Gasteiger partial charge is 0.348 e. The Hall–Kier alpha value is -1.74. The molecule has 1 aromatic heterocycles. The van der Waals surface area contributed by atoms with E-state index in [9.17, 15) is 17.6 Å². The smallest absolute Gasteiger partial charge is 0.253 e. The van der Waals surface area contributed by atoms with Crippen LogP contribution in [0, 0.1) is 10.6 Å². The zero-order valence-electron chi connectivity index (χ0n) is 10.8. The van der Waals surface area contributed by atoms with Crippen molar-refractivity contribution in [1.29, 1.82) is 0 Å². The first-order valence-electron chi connectivity index (χ1n) is 6.27. The van der Waals surface area contributed by atoms with Crippen molar-refractivity contribution in [3.05, 3.63) is 28.3 Å². The third kappa shape index (κ3) is 2.84. The molecule has 2 heterocycles. The Morgan fingerprint density at radius 2 is 2.14 bits per heavy atom. The van der Waals surface area contributed by atoms with Crippen LogP contribution in [0.15, 0.2) is 12.1 Å². The number of carbonyl (C=O) groups is 1. The molecule has 112 valence electrons. The topological polar surface area (TPSA) is 94.8 Å². The van der Waals surface area contributed by atoms with E-state index in [0.29, 0.717) is 17.5 Å². The summed E-state index contributed by atoms with van der Waals surface area (Å²) < 4.78 is 36.6. The minimum atomic E-state index is -3.09. The molecule has 21 heavy (non-hydrogen) atoms. The summed E-state index contributed by atoms with van der Waals surface area (Å²) >= 11 is 4.93.